The van der Waals surface area contributed by atoms with Gasteiger partial charge in [0.05, 0.1) is 0 Å². The predicted octanol–water partition coefficient (Wildman–Crippen LogP) is 2.12. The molecule has 0 aliphatic carbocycles. The first-order valence-corrected chi connectivity index (χ1v) is 6.90. The van der Waals surface area contributed by atoms with Gasteiger partial charge in [-0.25, -0.2) is 0 Å². The Bertz CT molecular complexity index is 578. The molecule has 0 radical (unpaired) electrons. The van der Waals surface area contributed by atoms with Gasteiger partial charge in [-0.1, -0.05) is 25.2 Å². The highest BCUT2D eigenvalue weighted by Crippen LogP contribution is 2.29. The van der Waals surface area contributed by atoms with Crippen molar-refractivity contribution < 1.29 is 10.0 Å². The molecule has 0 saturated carbocycles. The Morgan fingerprint density at radius 2 is 2.37 bits per heavy atom. The SMILES string of the molecule is CC(C)C(CCO)Nc1nc2sccn2c1[N+](=O)[O-]. The molecular formula is C11H16N4O3S. The molecule has 0 spiro atoms. The Balaban J connectivity index is 2.35. The van der Waals surface area contributed by atoms with Crippen molar-refractivity contribution in [2.45, 2.75) is 26.3 Å². The summed E-state index contributed by atoms with van der Waals surface area (Å²) in [5, 5.41) is 25.0. The number of nitrogens with one attached hydrogen (secondary N) is 1. The summed E-state index contributed by atoms with van der Waals surface area (Å²) < 4.78 is 1.46. The summed E-state index contributed by atoms with van der Waals surface area (Å²) in [6.07, 6.45) is 2.16. The molecule has 2 aromatic rings. The van der Waals surface area contributed by atoms with E-state index in [2.05, 4.69) is 10.3 Å². The normalized spacial score (nSPS) is 13.1. The van der Waals surface area contributed by atoms with E-state index in [-0.39, 0.29) is 30.2 Å². The fourth-order valence-corrected chi connectivity index (χ4v) is 2.64. The first-order valence-electron chi connectivity index (χ1n) is 6.02. The minimum Gasteiger partial charge on any atom is -0.396 e. The Morgan fingerprint density at radius 3 is 2.95 bits per heavy atom. The van der Waals surface area contributed by atoms with Crippen LogP contribution in [0.5, 0.6) is 0 Å². The second-order valence-corrected chi connectivity index (χ2v) is 5.48. The number of hydrogen-bond donors (Lipinski definition) is 2. The van der Waals surface area contributed by atoms with Gasteiger partial charge in [-0.2, -0.15) is 9.38 Å². The van der Waals surface area contributed by atoms with Gasteiger partial charge in [0.1, 0.15) is 6.20 Å². The molecular weight excluding hydrogens is 268 g/mol. The van der Waals surface area contributed by atoms with E-state index in [1.807, 2.05) is 13.8 Å². The lowest BCUT2D eigenvalue weighted by atomic mass is 10.0. The first-order chi connectivity index (χ1) is 9.04. The van der Waals surface area contributed by atoms with Gasteiger partial charge in [0.25, 0.3) is 4.96 Å². The van der Waals surface area contributed by atoms with Gasteiger partial charge in [-0.05, 0) is 17.3 Å². The van der Waals surface area contributed by atoms with E-state index in [1.54, 1.807) is 11.6 Å². The lowest BCUT2D eigenvalue weighted by Crippen LogP contribution is -2.27. The van der Waals surface area contributed by atoms with Crippen LogP contribution in [0.4, 0.5) is 11.6 Å². The van der Waals surface area contributed by atoms with Crippen LogP contribution >= 0.6 is 11.3 Å². The summed E-state index contributed by atoms with van der Waals surface area (Å²) in [7, 11) is 0. The molecule has 8 heteroatoms. The number of rotatable bonds is 6. The number of aliphatic hydroxyl groups excluding tert-OH is 1. The second kappa shape index (κ2) is 5.54. The van der Waals surface area contributed by atoms with Crippen LogP contribution in [0, 0.1) is 16.0 Å². The van der Waals surface area contributed by atoms with Crippen molar-refractivity contribution >= 4 is 27.9 Å². The summed E-state index contributed by atoms with van der Waals surface area (Å²) in [5.41, 5.74) is 0. The highest BCUT2D eigenvalue weighted by Gasteiger charge is 2.26. The molecule has 2 aromatic heterocycles. The van der Waals surface area contributed by atoms with E-state index in [4.69, 9.17) is 5.11 Å². The fourth-order valence-electron chi connectivity index (χ4n) is 1.93. The average Bonchev–Trinajstić information content (AvgIpc) is 2.87. The summed E-state index contributed by atoms with van der Waals surface area (Å²) >= 11 is 1.35. The molecule has 0 aromatic carbocycles. The molecule has 19 heavy (non-hydrogen) atoms. The Morgan fingerprint density at radius 1 is 1.63 bits per heavy atom. The van der Waals surface area contributed by atoms with Crippen LogP contribution < -0.4 is 5.32 Å². The average molecular weight is 284 g/mol. The lowest BCUT2D eigenvalue weighted by molar-refractivity contribution is -0.389. The topological polar surface area (TPSA) is 92.7 Å². The van der Waals surface area contributed by atoms with Crippen LogP contribution in [-0.2, 0) is 0 Å². The summed E-state index contributed by atoms with van der Waals surface area (Å²) in [6.45, 7) is 4.03. The van der Waals surface area contributed by atoms with E-state index >= 15 is 0 Å². The van der Waals surface area contributed by atoms with Gasteiger partial charge in [-0.3, -0.25) is 0 Å². The zero-order valence-corrected chi connectivity index (χ0v) is 11.6. The molecule has 1 unspecified atom stereocenters. The van der Waals surface area contributed by atoms with Gasteiger partial charge >= 0.3 is 5.82 Å². The molecule has 0 aliphatic heterocycles. The third-order valence-corrected chi connectivity index (χ3v) is 3.73. The Labute approximate surface area is 114 Å². The van der Waals surface area contributed by atoms with E-state index < -0.39 is 4.92 Å². The molecule has 2 heterocycles. The summed E-state index contributed by atoms with van der Waals surface area (Å²) in [5.74, 6) is 0.454. The van der Waals surface area contributed by atoms with Crippen LogP contribution in [0.15, 0.2) is 11.6 Å². The number of imidazole rings is 1. The van der Waals surface area contributed by atoms with E-state index in [0.29, 0.717) is 11.4 Å². The molecule has 0 fully saturated rings. The molecule has 0 bridgehead atoms. The van der Waals surface area contributed by atoms with Crippen molar-refractivity contribution in [2.24, 2.45) is 5.92 Å². The Kier molecular flexibility index (Phi) is 4.01. The third-order valence-electron chi connectivity index (χ3n) is 2.98. The monoisotopic (exact) mass is 284 g/mol. The van der Waals surface area contributed by atoms with Crippen molar-refractivity contribution in [3.8, 4) is 0 Å². The first kappa shape index (κ1) is 13.8. The predicted molar refractivity (Wildman–Crippen MR) is 73.7 cm³/mol. The maximum atomic E-state index is 11.2. The number of nitro groups is 1. The zero-order valence-electron chi connectivity index (χ0n) is 10.7. The lowest BCUT2D eigenvalue weighted by Gasteiger charge is -2.20. The number of thiazole rings is 1. The molecule has 2 rings (SSSR count). The molecule has 1 atom stereocenters. The van der Waals surface area contributed by atoms with Crippen molar-refractivity contribution in [1.29, 1.82) is 0 Å². The van der Waals surface area contributed by atoms with Crippen molar-refractivity contribution in [3.05, 3.63) is 21.7 Å². The van der Waals surface area contributed by atoms with Gasteiger partial charge < -0.3 is 20.5 Å². The maximum Gasteiger partial charge on any atom is 0.372 e. The standard InChI is InChI=1S/C11H16N4O3S/c1-7(2)8(3-5-16)12-9-10(15(17)18)14-4-6-19-11(14)13-9/h4,6-8,12,16H,3,5H2,1-2H3. The maximum absolute atomic E-state index is 11.2. The third kappa shape index (κ3) is 2.69. The number of fused-ring (bicyclic) bond motifs is 1. The van der Waals surface area contributed by atoms with Crippen LogP contribution in [0.1, 0.15) is 20.3 Å². The van der Waals surface area contributed by atoms with Gasteiger partial charge in [-0.15, -0.1) is 0 Å². The van der Waals surface area contributed by atoms with Gasteiger partial charge in [0.2, 0.25) is 5.82 Å². The second-order valence-electron chi connectivity index (χ2n) is 4.60. The van der Waals surface area contributed by atoms with E-state index in [9.17, 15) is 10.1 Å². The van der Waals surface area contributed by atoms with Crippen LogP contribution in [0.2, 0.25) is 0 Å². The van der Waals surface area contributed by atoms with Crippen LogP contribution in [0.25, 0.3) is 4.96 Å². The van der Waals surface area contributed by atoms with Crippen molar-refractivity contribution in [3.63, 3.8) is 0 Å². The largest absolute Gasteiger partial charge is 0.396 e. The van der Waals surface area contributed by atoms with Crippen molar-refractivity contribution in [2.75, 3.05) is 11.9 Å². The van der Waals surface area contributed by atoms with Crippen molar-refractivity contribution in [1.82, 2.24) is 9.38 Å². The number of nitrogens with zero attached hydrogens (tertiary/aromatic N) is 3. The summed E-state index contributed by atoms with van der Waals surface area (Å²) in [6, 6.07) is -0.0479. The highest BCUT2D eigenvalue weighted by atomic mass is 32.1. The summed E-state index contributed by atoms with van der Waals surface area (Å²) in [4.78, 5) is 15.6. The molecule has 2 N–H and O–H groups in total. The quantitative estimate of drug-likeness (QED) is 0.626. The smallest absolute Gasteiger partial charge is 0.372 e. The number of hydrogen-bond acceptors (Lipinski definition) is 6. The molecule has 0 amide bonds. The molecule has 0 saturated heterocycles. The van der Waals surface area contributed by atoms with E-state index in [0.717, 1.165) is 0 Å². The number of anilines is 1. The minimum atomic E-state index is -0.439. The molecule has 0 aliphatic rings. The number of aromatic nitrogens is 2. The highest BCUT2D eigenvalue weighted by molar-refractivity contribution is 7.15. The van der Waals surface area contributed by atoms with Crippen LogP contribution in [-0.4, -0.2) is 32.1 Å². The minimum absolute atomic E-state index is 0.0336. The molecule has 7 nitrogen and oxygen atoms in total. The van der Waals surface area contributed by atoms with Crippen LogP contribution in [0.3, 0.4) is 0 Å². The zero-order chi connectivity index (χ0) is 14.0. The van der Waals surface area contributed by atoms with Gasteiger partial charge in [0.15, 0.2) is 0 Å². The van der Waals surface area contributed by atoms with E-state index in [1.165, 1.54) is 15.7 Å². The van der Waals surface area contributed by atoms with Gasteiger partial charge in [0, 0.05) is 18.0 Å². The molecule has 104 valence electrons. The number of aliphatic hydroxyl groups is 1. The fraction of sp³-hybridized carbons (Fsp3) is 0.545. The Hall–Kier alpha value is -1.67.